The number of fused-ring (bicyclic) bond motifs is 1. The number of amides is 1. The summed E-state index contributed by atoms with van der Waals surface area (Å²) < 4.78 is 7.21. The van der Waals surface area contributed by atoms with E-state index in [1.165, 1.54) is 0 Å². The summed E-state index contributed by atoms with van der Waals surface area (Å²) in [5, 5.41) is 10.6. The molecular formula is C12H16N4O3. The number of hydrogen-bond donors (Lipinski definition) is 3. The van der Waals surface area contributed by atoms with Gasteiger partial charge >= 0.3 is 6.09 Å². The van der Waals surface area contributed by atoms with Crippen molar-refractivity contribution in [3.63, 3.8) is 0 Å². The Labute approximate surface area is 110 Å². The molecule has 0 saturated carbocycles. The van der Waals surface area contributed by atoms with Crippen molar-refractivity contribution in [3.8, 4) is 0 Å². The lowest BCUT2D eigenvalue weighted by Crippen LogP contribution is -2.25. The van der Waals surface area contributed by atoms with E-state index in [-0.39, 0.29) is 6.54 Å². The highest BCUT2D eigenvalue weighted by Crippen LogP contribution is 2.16. The third kappa shape index (κ3) is 3.35. The van der Waals surface area contributed by atoms with Crippen molar-refractivity contribution in [3.05, 3.63) is 24.3 Å². The first-order chi connectivity index (χ1) is 9.18. The second kappa shape index (κ2) is 6.05. The fourth-order valence-electron chi connectivity index (χ4n) is 1.82. The summed E-state index contributed by atoms with van der Waals surface area (Å²) in [7, 11) is 0. The van der Waals surface area contributed by atoms with Gasteiger partial charge in [-0.15, -0.1) is 0 Å². The van der Waals surface area contributed by atoms with Crippen molar-refractivity contribution in [2.75, 3.05) is 25.5 Å². The van der Waals surface area contributed by atoms with Crippen LogP contribution in [0.1, 0.15) is 0 Å². The summed E-state index contributed by atoms with van der Waals surface area (Å²) in [5.74, 6) is 0.452. The molecule has 102 valence electrons. The molecule has 4 N–H and O–H groups in total. The molecule has 0 spiro atoms. The Bertz CT molecular complexity index is 567. The number of carboxylic acid groups (broad SMARTS) is 1. The first-order valence-electron chi connectivity index (χ1n) is 5.94. The molecule has 1 aromatic heterocycles. The lowest BCUT2D eigenvalue weighted by molar-refractivity contribution is 0.126. The normalized spacial score (nSPS) is 10.7. The average molecular weight is 264 g/mol. The van der Waals surface area contributed by atoms with Gasteiger partial charge in [0.15, 0.2) is 0 Å². The summed E-state index contributed by atoms with van der Waals surface area (Å²) >= 11 is 0. The molecule has 19 heavy (non-hydrogen) atoms. The van der Waals surface area contributed by atoms with E-state index in [9.17, 15) is 4.79 Å². The molecule has 1 amide bonds. The minimum atomic E-state index is -1.05. The Morgan fingerprint density at radius 2 is 2.21 bits per heavy atom. The van der Waals surface area contributed by atoms with Gasteiger partial charge in [-0.05, 0) is 12.1 Å². The molecule has 1 aromatic carbocycles. The topological polar surface area (TPSA) is 102 Å². The number of aromatic nitrogens is 2. The summed E-state index contributed by atoms with van der Waals surface area (Å²) in [5.41, 5.74) is 7.66. The number of imidazole rings is 1. The van der Waals surface area contributed by atoms with E-state index in [2.05, 4.69) is 10.3 Å². The number of nitrogens with two attached hydrogens (primary N) is 1. The summed E-state index contributed by atoms with van der Waals surface area (Å²) in [6.07, 6.45) is -1.05. The number of benzene rings is 1. The van der Waals surface area contributed by atoms with Crippen LogP contribution in [0.3, 0.4) is 0 Å². The predicted octanol–water partition coefficient (Wildman–Crippen LogP) is 0.903. The zero-order chi connectivity index (χ0) is 13.7. The number of hydrogen-bond acceptors (Lipinski definition) is 4. The maximum absolute atomic E-state index is 10.2. The Morgan fingerprint density at radius 3 is 3.00 bits per heavy atom. The molecule has 0 aliphatic rings. The molecule has 0 fully saturated rings. The maximum Gasteiger partial charge on any atom is 0.404 e. The lowest BCUT2D eigenvalue weighted by atomic mass is 10.3. The quantitative estimate of drug-likeness (QED) is 0.673. The van der Waals surface area contributed by atoms with E-state index in [1.807, 2.05) is 28.8 Å². The monoisotopic (exact) mass is 264 g/mol. The molecule has 2 rings (SSSR count). The molecule has 1 heterocycles. The molecule has 0 radical (unpaired) electrons. The second-order valence-corrected chi connectivity index (χ2v) is 3.95. The van der Waals surface area contributed by atoms with Crippen molar-refractivity contribution >= 4 is 23.1 Å². The third-order valence-corrected chi connectivity index (χ3v) is 2.67. The van der Waals surface area contributed by atoms with Crippen molar-refractivity contribution in [1.82, 2.24) is 14.9 Å². The number of nitrogens with zero attached hydrogens (tertiary/aromatic N) is 2. The lowest BCUT2D eigenvalue weighted by Gasteiger charge is -2.07. The minimum absolute atomic E-state index is 0.273. The molecule has 7 heteroatoms. The number of nitrogens with one attached hydrogen (secondary N) is 1. The van der Waals surface area contributed by atoms with E-state index in [4.69, 9.17) is 15.6 Å². The Kier molecular flexibility index (Phi) is 4.19. The smallest absolute Gasteiger partial charge is 0.404 e. The van der Waals surface area contributed by atoms with Gasteiger partial charge < -0.3 is 25.5 Å². The number of ether oxygens (including phenoxy) is 1. The van der Waals surface area contributed by atoms with Crippen LogP contribution in [-0.4, -0.2) is 40.5 Å². The molecule has 2 aromatic rings. The van der Waals surface area contributed by atoms with E-state index < -0.39 is 6.09 Å². The van der Waals surface area contributed by atoms with E-state index >= 15 is 0 Å². The zero-order valence-corrected chi connectivity index (χ0v) is 10.4. The van der Waals surface area contributed by atoms with E-state index in [0.29, 0.717) is 25.7 Å². The highest BCUT2D eigenvalue weighted by molar-refractivity contribution is 5.78. The fraction of sp³-hybridized carbons (Fsp3) is 0.333. The number of anilines is 1. The number of nitrogen functional groups attached to an aromatic ring is 1. The SMILES string of the molecule is Nc1nc2ccccc2n1CCOCCNC(=O)O. The van der Waals surface area contributed by atoms with Crippen molar-refractivity contribution < 1.29 is 14.6 Å². The molecule has 0 atom stereocenters. The van der Waals surface area contributed by atoms with Gasteiger partial charge in [-0.3, -0.25) is 0 Å². The van der Waals surface area contributed by atoms with Crippen LogP contribution >= 0.6 is 0 Å². The predicted molar refractivity (Wildman–Crippen MR) is 71.0 cm³/mol. The van der Waals surface area contributed by atoms with Gasteiger partial charge in [0.1, 0.15) is 0 Å². The molecular weight excluding hydrogens is 248 g/mol. The standard InChI is InChI=1S/C12H16N4O3/c13-11-15-9-3-1-2-4-10(9)16(11)6-8-19-7-5-14-12(17)18/h1-4,14H,5-8H2,(H2,13,15)(H,17,18). The number of rotatable bonds is 6. The van der Waals surface area contributed by atoms with Crippen molar-refractivity contribution in [2.24, 2.45) is 0 Å². The largest absolute Gasteiger partial charge is 0.465 e. The average Bonchev–Trinajstić information content (AvgIpc) is 2.69. The maximum atomic E-state index is 10.2. The highest BCUT2D eigenvalue weighted by atomic mass is 16.5. The molecule has 0 aliphatic carbocycles. The van der Waals surface area contributed by atoms with Crippen LogP contribution < -0.4 is 11.1 Å². The molecule has 0 saturated heterocycles. The van der Waals surface area contributed by atoms with Gasteiger partial charge in [-0.25, -0.2) is 9.78 Å². The third-order valence-electron chi connectivity index (χ3n) is 2.67. The molecule has 7 nitrogen and oxygen atoms in total. The van der Waals surface area contributed by atoms with Gasteiger partial charge in [0, 0.05) is 13.1 Å². The van der Waals surface area contributed by atoms with Crippen LogP contribution in [0.2, 0.25) is 0 Å². The van der Waals surface area contributed by atoms with Crippen molar-refractivity contribution in [1.29, 1.82) is 0 Å². The molecule has 0 aliphatic heterocycles. The zero-order valence-electron chi connectivity index (χ0n) is 10.4. The van der Waals surface area contributed by atoms with Crippen LogP contribution in [0.4, 0.5) is 10.7 Å². The first-order valence-corrected chi connectivity index (χ1v) is 5.94. The van der Waals surface area contributed by atoms with E-state index in [0.717, 1.165) is 11.0 Å². The van der Waals surface area contributed by atoms with Gasteiger partial charge in [0.2, 0.25) is 5.95 Å². The van der Waals surface area contributed by atoms with Crippen LogP contribution in [0, 0.1) is 0 Å². The Morgan fingerprint density at radius 1 is 1.42 bits per heavy atom. The van der Waals surface area contributed by atoms with Gasteiger partial charge in [0.05, 0.1) is 24.2 Å². The Hall–Kier alpha value is -2.28. The summed E-state index contributed by atoms with van der Waals surface area (Å²) in [6.45, 7) is 1.64. The molecule has 0 unspecified atom stereocenters. The first kappa shape index (κ1) is 13.2. The van der Waals surface area contributed by atoms with Crippen LogP contribution in [-0.2, 0) is 11.3 Å². The highest BCUT2D eigenvalue weighted by Gasteiger charge is 2.06. The summed E-state index contributed by atoms with van der Waals surface area (Å²) in [4.78, 5) is 14.5. The van der Waals surface area contributed by atoms with Crippen molar-refractivity contribution in [2.45, 2.75) is 6.54 Å². The summed E-state index contributed by atoms with van der Waals surface area (Å²) in [6, 6.07) is 7.69. The van der Waals surface area contributed by atoms with Crippen LogP contribution in [0.5, 0.6) is 0 Å². The minimum Gasteiger partial charge on any atom is -0.465 e. The fourth-order valence-corrected chi connectivity index (χ4v) is 1.82. The van der Waals surface area contributed by atoms with Gasteiger partial charge in [-0.1, -0.05) is 12.1 Å². The number of carbonyl (C=O) groups is 1. The molecule has 0 bridgehead atoms. The van der Waals surface area contributed by atoms with Gasteiger partial charge in [0.25, 0.3) is 0 Å². The Balaban J connectivity index is 1.84. The van der Waals surface area contributed by atoms with E-state index in [1.54, 1.807) is 0 Å². The van der Waals surface area contributed by atoms with Crippen LogP contribution in [0.25, 0.3) is 11.0 Å². The van der Waals surface area contributed by atoms with Crippen LogP contribution in [0.15, 0.2) is 24.3 Å². The number of para-hydroxylation sites is 2. The van der Waals surface area contributed by atoms with Gasteiger partial charge in [-0.2, -0.15) is 0 Å². The second-order valence-electron chi connectivity index (χ2n) is 3.95.